The van der Waals surface area contributed by atoms with Crippen LogP contribution in [0, 0.1) is 6.92 Å². The molecule has 2 aromatic heterocycles. The van der Waals surface area contributed by atoms with Gasteiger partial charge in [0.05, 0.1) is 6.42 Å². The molecule has 0 saturated carbocycles. The molecule has 1 aromatic carbocycles. The van der Waals surface area contributed by atoms with E-state index >= 15 is 0 Å². The molecule has 3 rings (SSSR count). The summed E-state index contributed by atoms with van der Waals surface area (Å²) in [5.41, 5.74) is 2.26. The fourth-order valence-electron chi connectivity index (χ4n) is 2.65. The first-order valence-corrected chi connectivity index (χ1v) is 8.05. The van der Waals surface area contributed by atoms with E-state index in [9.17, 15) is 18.0 Å². The lowest BCUT2D eigenvalue weighted by atomic mass is 10.1. The standard InChI is InChI=1S/C18H17F3N4O/c1-12-4-6-13(7-5-12)11-15(26)22-9-10-25-16-14(3-2-8-23-16)24-17(25)18(19,20)21/h2-8H,9-11H2,1H3,(H,22,26). The fraction of sp³-hybridized carbons (Fsp3) is 0.278. The zero-order valence-electron chi connectivity index (χ0n) is 14.0. The molecule has 8 heteroatoms. The second kappa shape index (κ2) is 7.15. The van der Waals surface area contributed by atoms with Crippen molar-refractivity contribution in [3.05, 3.63) is 59.5 Å². The SMILES string of the molecule is Cc1ccc(CC(=O)NCCn2c(C(F)(F)F)nc3cccnc32)cc1. The molecule has 0 aliphatic rings. The van der Waals surface area contributed by atoms with Crippen LogP contribution in [0.5, 0.6) is 0 Å². The number of halogens is 3. The molecule has 0 aliphatic carbocycles. The van der Waals surface area contributed by atoms with E-state index in [0.29, 0.717) is 0 Å². The Kier molecular flexibility index (Phi) is 4.92. The van der Waals surface area contributed by atoms with Gasteiger partial charge in [-0.05, 0) is 24.6 Å². The van der Waals surface area contributed by atoms with Crippen LogP contribution in [0.4, 0.5) is 13.2 Å². The lowest BCUT2D eigenvalue weighted by Crippen LogP contribution is -2.29. The van der Waals surface area contributed by atoms with Gasteiger partial charge in [0, 0.05) is 19.3 Å². The summed E-state index contributed by atoms with van der Waals surface area (Å²) in [4.78, 5) is 19.6. The van der Waals surface area contributed by atoms with Gasteiger partial charge in [-0.15, -0.1) is 0 Å². The van der Waals surface area contributed by atoms with Crippen LogP contribution in [0.2, 0.25) is 0 Å². The third kappa shape index (κ3) is 4.01. The Hall–Kier alpha value is -2.90. The number of fused-ring (bicyclic) bond motifs is 1. The summed E-state index contributed by atoms with van der Waals surface area (Å²) in [6.07, 6.45) is -3.00. The van der Waals surface area contributed by atoms with Crippen LogP contribution < -0.4 is 5.32 Å². The Balaban J connectivity index is 1.67. The van der Waals surface area contributed by atoms with E-state index < -0.39 is 12.0 Å². The summed E-state index contributed by atoms with van der Waals surface area (Å²) >= 11 is 0. The second-order valence-corrected chi connectivity index (χ2v) is 5.94. The number of benzene rings is 1. The first-order valence-electron chi connectivity index (χ1n) is 8.05. The van der Waals surface area contributed by atoms with Gasteiger partial charge in [-0.3, -0.25) is 4.79 Å². The summed E-state index contributed by atoms with van der Waals surface area (Å²) in [7, 11) is 0. The zero-order chi connectivity index (χ0) is 18.7. The summed E-state index contributed by atoms with van der Waals surface area (Å²) in [6.45, 7) is 1.93. The minimum Gasteiger partial charge on any atom is -0.354 e. The van der Waals surface area contributed by atoms with Crippen molar-refractivity contribution in [2.45, 2.75) is 26.1 Å². The number of imidazole rings is 1. The number of aryl methyl sites for hydroxylation is 1. The average Bonchev–Trinajstić information content (AvgIpc) is 2.96. The minimum atomic E-state index is -4.59. The van der Waals surface area contributed by atoms with Gasteiger partial charge in [-0.25, -0.2) is 9.97 Å². The van der Waals surface area contributed by atoms with E-state index in [0.717, 1.165) is 15.7 Å². The number of aromatic nitrogens is 3. The van der Waals surface area contributed by atoms with E-state index in [-0.39, 0.29) is 36.6 Å². The van der Waals surface area contributed by atoms with E-state index in [4.69, 9.17) is 0 Å². The first-order chi connectivity index (χ1) is 12.3. The lowest BCUT2D eigenvalue weighted by Gasteiger charge is -2.11. The van der Waals surface area contributed by atoms with Crippen LogP contribution in [-0.4, -0.2) is 27.0 Å². The molecule has 1 N–H and O–H groups in total. The largest absolute Gasteiger partial charge is 0.449 e. The van der Waals surface area contributed by atoms with E-state index in [1.165, 1.54) is 18.3 Å². The van der Waals surface area contributed by atoms with Crippen LogP contribution >= 0.6 is 0 Å². The summed E-state index contributed by atoms with van der Waals surface area (Å²) in [5, 5.41) is 2.64. The number of hydrogen-bond donors (Lipinski definition) is 1. The van der Waals surface area contributed by atoms with Gasteiger partial charge in [-0.1, -0.05) is 29.8 Å². The van der Waals surface area contributed by atoms with E-state index in [1.54, 1.807) is 0 Å². The third-order valence-electron chi connectivity index (χ3n) is 3.90. The molecule has 0 saturated heterocycles. The Morgan fingerprint density at radius 2 is 1.92 bits per heavy atom. The molecule has 26 heavy (non-hydrogen) atoms. The van der Waals surface area contributed by atoms with Gasteiger partial charge < -0.3 is 9.88 Å². The highest BCUT2D eigenvalue weighted by molar-refractivity contribution is 5.78. The molecule has 1 amide bonds. The quantitative estimate of drug-likeness (QED) is 0.759. The van der Waals surface area contributed by atoms with Gasteiger partial charge in [-0.2, -0.15) is 13.2 Å². The number of amides is 1. The van der Waals surface area contributed by atoms with Gasteiger partial charge in [0.15, 0.2) is 5.65 Å². The molecule has 2 heterocycles. The predicted octanol–water partition coefficient (Wildman–Crippen LogP) is 3.12. The van der Waals surface area contributed by atoms with Crippen molar-refractivity contribution < 1.29 is 18.0 Å². The van der Waals surface area contributed by atoms with Crippen LogP contribution in [0.25, 0.3) is 11.2 Å². The highest BCUT2D eigenvalue weighted by atomic mass is 19.4. The molecular weight excluding hydrogens is 345 g/mol. The van der Waals surface area contributed by atoms with Crippen LogP contribution in [0.15, 0.2) is 42.6 Å². The molecule has 0 aliphatic heterocycles. The number of rotatable bonds is 5. The van der Waals surface area contributed by atoms with Crippen molar-refractivity contribution in [1.82, 2.24) is 19.9 Å². The highest BCUT2D eigenvalue weighted by Gasteiger charge is 2.37. The fourth-order valence-corrected chi connectivity index (χ4v) is 2.65. The van der Waals surface area contributed by atoms with Crippen LogP contribution in [0.1, 0.15) is 17.0 Å². The van der Waals surface area contributed by atoms with Crippen molar-refractivity contribution in [2.75, 3.05) is 6.54 Å². The smallest absolute Gasteiger partial charge is 0.354 e. The van der Waals surface area contributed by atoms with Crippen molar-refractivity contribution in [1.29, 1.82) is 0 Å². The third-order valence-corrected chi connectivity index (χ3v) is 3.90. The van der Waals surface area contributed by atoms with Gasteiger partial charge >= 0.3 is 6.18 Å². The number of nitrogens with zero attached hydrogens (tertiary/aromatic N) is 3. The molecule has 0 spiro atoms. The maximum absolute atomic E-state index is 13.2. The van der Waals surface area contributed by atoms with Crippen LogP contribution in [0.3, 0.4) is 0 Å². The van der Waals surface area contributed by atoms with Crippen molar-refractivity contribution in [2.24, 2.45) is 0 Å². The normalized spacial score (nSPS) is 11.7. The molecule has 136 valence electrons. The Morgan fingerprint density at radius 3 is 2.62 bits per heavy atom. The van der Waals surface area contributed by atoms with E-state index in [1.807, 2.05) is 31.2 Å². The number of alkyl halides is 3. The molecule has 5 nitrogen and oxygen atoms in total. The summed E-state index contributed by atoms with van der Waals surface area (Å²) < 4.78 is 40.6. The number of hydrogen-bond acceptors (Lipinski definition) is 3. The molecule has 0 radical (unpaired) electrons. The van der Waals surface area contributed by atoms with Crippen LogP contribution in [-0.2, 0) is 23.9 Å². The molecule has 0 fully saturated rings. The number of pyridine rings is 1. The second-order valence-electron chi connectivity index (χ2n) is 5.94. The minimum absolute atomic E-state index is 0.0514. The Labute approximate surface area is 147 Å². The zero-order valence-corrected chi connectivity index (χ0v) is 14.0. The topological polar surface area (TPSA) is 59.8 Å². The summed E-state index contributed by atoms with van der Waals surface area (Å²) in [6, 6.07) is 10.5. The predicted molar refractivity (Wildman–Crippen MR) is 90.4 cm³/mol. The summed E-state index contributed by atoms with van der Waals surface area (Å²) in [5.74, 6) is -1.27. The monoisotopic (exact) mass is 362 g/mol. The molecule has 3 aromatic rings. The van der Waals surface area contributed by atoms with Gasteiger partial charge in [0.2, 0.25) is 11.7 Å². The van der Waals surface area contributed by atoms with Gasteiger partial charge in [0.1, 0.15) is 5.52 Å². The number of nitrogens with one attached hydrogen (secondary N) is 1. The maximum Gasteiger partial charge on any atom is 0.449 e. The molecule has 0 bridgehead atoms. The highest BCUT2D eigenvalue weighted by Crippen LogP contribution is 2.30. The average molecular weight is 362 g/mol. The number of carbonyl (C=O) groups is 1. The van der Waals surface area contributed by atoms with E-state index in [2.05, 4.69) is 15.3 Å². The Bertz CT molecular complexity index is 916. The maximum atomic E-state index is 13.2. The van der Waals surface area contributed by atoms with Crippen molar-refractivity contribution in [3.8, 4) is 0 Å². The molecular formula is C18H17F3N4O. The van der Waals surface area contributed by atoms with Crippen molar-refractivity contribution in [3.63, 3.8) is 0 Å². The number of carbonyl (C=O) groups excluding carboxylic acids is 1. The van der Waals surface area contributed by atoms with Gasteiger partial charge in [0.25, 0.3) is 0 Å². The molecule has 0 atom stereocenters. The molecule has 0 unspecified atom stereocenters. The van der Waals surface area contributed by atoms with Crippen molar-refractivity contribution >= 4 is 17.1 Å². The lowest BCUT2D eigenvalue weighted by molar-refractivity contribution is -0.146. The Morgan fingerprint density at radius 1 is 1.19 bits per heavy atom. The first kappa shape index (κ1) is 17.9.